The third-order valence-electron chi connectivity index (χ3n) is 2.98. The van der Waals surface area contributed by atoms with Crippen LogP contribution >= 0.6 is 15.9 Å². The Morgan fingerprint density at radius 1 is 1.33 bits per heavy atom. The predicted molar refractivity (Wildman–Crippen MR) is 88.7 cm³/mol. The van der Waals surface area contributed by atoms with Crippen LogP contribution < -0.4 is 10.1 Å². The molecule has 114 valence electrons. The van der Waals surface area contributed by atoms with Gasteiger partial charge in [0.25, 0.3) is 0 Å². The maximum absolute atomic E-state index is 5.84. The lowest BCUT2D eigenvalue weighted by Crippen LogP contribution is -2.35. The average molecular weight is 352 g/mol. The molecule has 4 nitrogen and oxygen atoms in total. The van der Waals surface area contributed by atoms with Crippen LogP contribution in [-0.2, 0) is 13.1 Å². The van der Waals surface area contributed by atoms with E-state index in [1.54, 1.807) is 6.20 Å². The number of benzene rings is 1. The number of aromatic nitrogens is 2. The van der Waals surface area contributed by atoms with Crippen LogP contribution in [-0.4, -0.2) is 15.3 Å². The fourth-order valence-corrected chi connectivity index (χ4v) is 2.31. The van der Waals surface area contributed by atoms with Crippen molar-refractivity contribution in [2.24, 2.45) is 0 Å². The summed E-state index contributed by atoms with van der Waals surface area (Å²) in [6.07, 6.45) is 3.62. The van der Waals surface area contributed by atoms with E-state index >= 15 is 0 Å². The van der Waals surface area contributed by atoms with Gasteiger partial charge in [0.15, 0.2) is 5.75 Å². The largest absolute Gasteiger partial charge is 0.453 e. The standard InChI is InChI=1S/C16H22BrN3O/c1-5-20-11-13(10-19-20)21-15-7-6-12(8-14(15)17)9-18-16(2,3)4/h6-8,10-11,18H,5,9H2,1-4H3. The number of nitrogens with one attached hydrogen (secondary N) is 1. The maximum atomic E-state index is 5.84. The number of rotatable bonds is 5. The summed E-state index contributed by atoms with van der Waals surface area (Å²) in [5, 5.41) is 7.67. The first kappa shape index (κ1) is 16.0. The van der Waals surface area contributed by atoms with Crippen molar-refractivity contribution >= 4 is 15.9 Å². The van der Waals surface area contributed by atoms with Crippen molar-refractivity contribution in [1.82, 2.24) is 15.1 Å². The van der Waals surface area contributed by atoms with E-state index in [2.05, 4.69) is 59.2 Å². The van der Waals surface area contributed by atoms with E-state index in [0.29, 0.717) is 0 Å². The molecule has 1 N–H and O–H groups in total. The second-order valence-electron chi connectivity index (χ2n) is 6.00. The number of hydrogen-bond acceptors (Lipinski definition) is 3. The number of hydrogen-bond donors (Lipinski definition) is 1. The Labute approximate surface area is 134 Å². The van der Waals surface area contributed by atoms with E-state index in [-0.39, 0.29) is 5.54 Å². The van der Waals surface area contributed by atoms with Crippen molar-refractivity contribution in [3.8, 4) is 11.5 Å². The summed E-state index contributed by atoms with van der Waals surface area (Å²) in [7, 11) is 0. The molecule has 1 aromatic carbocycles. The molecule has 0 spiro atoms. The van der Waals surface area contributed by atoms with Crippen LogP contribution in [0.4, 0.5) is 0 Å². The SMILES string of the molecule is CCn1cc(Oc2ccc(CNC(C)(C)C)cc2Br)cn1. The van der Waals surface area contributed by atoms with Crippen LogP contribution in [0.5, 0.6) is 11.5 Å². The lowest BCUT2D eigenvalue weighted by atomic mass is 10.1. The Balaban J connectivity index is 2.05. The highest BCUT2D eigenvalue weighted by Gasteiger charge is 2.10. The van der Waals surface area contributed by atoms with Crippen LogP contribution in [0, 0.1) is 0 Å². The van der Waals surface area contributed by atoms with Crippen molar-refractivity contribution in [1.29, 1.82) is 0 Å². The summed E-state index contributed by atoms with van der Waals surface area (Å²) < 4.78 is 8.62. The van der Waals surface area contributed by atoms with Gasteiger partial charge in [-0.25, -0.2) is 0 Å². The normalized spacial score (nSPS) is 11.7. The van der Waals surface area contributed by atoms with E-state index < -0.39 is 0 Å². The summed E-state index contributed by atoms with van der Waals surface area (Å²) in [5.41, 5.74) is 1.32. The number of halogens is 1. The van der Waals surface area contributed by atoms with E-state index in [9.17, 15) is 0 Å². The van der Waals surface area contributed by atoms with Crippen molar-refractivity contribution in [3.63, 3.8) is 0 Å². The zero-order valence-corrected chi connectivity index (χ0v) is 14.6. The van der Waals surface area contributed by atoms with Gasteiger partial charge in [0.2, 0.25) is 0 Å². The van der Waals surface area contributed by atoms with Gasteiger partial charge in [0, 0.05) is 18.6 Å². The summed E-state index contributed by atoms with van der Waals surface area (Å²) in [6.45, 7) is 10.2. The molecule has 1 aromatic heterocycles. The Kier molecular flexibility index (Phi) is 5.06. The molecule has 0 aliphatic heterocycles. The molecule has 0 unspecified atom stereocenters. The zero-order chi connectivity index (χ0) is 15.5. The Morgan fingerprint density at radius 2 is 2.10 bits per heavy atom. The second-order valence-corrected chi connectivity index (χ2v) is 6.86. The van der Waals surface area contributed by atoms with Gasteiger partial charge >= 0.3 is 0 Å². The predicted octanol–water partition coefficient (Wildman–Crippen LogP) is 4.35. The minimum Gasteiger partial charge on any atom is -0.453 e. The monoisotopic (exact) mass is 351 g/mol. The summed E-state index contributed by atoms with van der Waals surface area (Å²) in [5.74, 6) is 1.54. The smallest absolute Gasteiger partial charge is 0.165 e. The molecule has 0 saturated heterocycles. The highest BCUT2D eigenvalue weighted by atomic mass is 79.9. The minimum absolute atomic E-state index is 0.108. The Hall–Kier alpha value is -1.33. The molecule has 0 aliphatic carbocycles. The highest BCUT2D eigenvalue weighted by Crippen LogP contribution is 2.30. The number of aryl methyl sites for hydroxylation is 1. The van der Waals surface area contributed by atoms with Gasteiger partial charge in [-0.15, -0.1) is 0 Å². The van der Waals surface area contributed by atoms with Crippen LogP contribution in [0.15, 0.2) is 35.1 Å². The molecule has 0 fully saturated rings. The molecule has 0 atom stereocenters. The fourth-order valence-electron chi connectivity index (χ4n) is 1.80. The van der Waals surface area contributed by atoms with Gasteiger partial charge in [-0.05, 0) is 61.3 Å². The summed E-state index contributed by atoms with van der Waals surface area (Å²) in [6, 6.07) is 6.13. The zero-order valence-electron chi connectivity index (χ0n) is 13.0. The van der Waals surface area contributed by atoms with Crippen LogP contribution in [0.1, 0.15) is 33.3 Å². The fraction of sp³-hybridized carbons (Fsp3) is 0.438. The van der Waals surface area contributed by atoms with E-state index in [1.165, 1.54) is 5.56 Å². The van der Waals surface area contributed by atoms with Gasteiger partial charge < -0.3 is 10.1 Å². The molecule has 2 rings (SSSR count). The molecular weight excluding hydrogens is 330 g/mol. The Bertz CT molecular complexity index is 602. The van der Waals surface area contributed by atoms with E-state index in [1.807, 2.05) is 23.9 Å². The van der Waals surface area contributed by atoms with Crippen molar-refractivity contribution < 1.29 is 4.74 Å². The van der Waals surface area contributed by atoms with Gasteiger partial charge in [-0.1, -0.05) is 6.07 Å². The molecular formula is C16H22BrN3O. The van der Waals surface area contributed by atoms with Gasteiger partial charge in [-0.2, -0.15) is 5.10 Å². The van der Waals surface area contributed by atoms with Crippen LogP contribution in [0.2, 0.25) is 0 Å². The van der Waals surface area contributed by atoms with E-state index in [4.69, 9.17) is 4.74 Å². The van der Waals surface area contributed by atoms with Gasteiger partial charge in [-0.3, -0.25) is 4.68 Å². The van der Waals surface area contributed by atoms with Crippen molar-refractivity contribution in [3.05, 3.63) is 40.6 Å². The lowest BCUT2D eigenvalue weighted by Gasteiger charge is -2.20. The first-order valence-electron chi connectivity index (χ1n) is 7.11. The molecule has 0 radical (unpaired) electrons. The first-order chi connectivity index (χ1) is 9.87. The van der Waals surface area contributed by atoms with Crippen LogP contribution in [0.3, 0.4) is 0 Å². The molecule has 0 saturated carbocycles. The molecule has 0 aliphatic rings. The molecule has 5 heteroatoms. The minimum atomic E-state index is 0.108. The topological polar surface area (TPSA) is 39.1 Å². The molecule has 0 amide bonds. The van der Waals surface area contributed by atoms with Crippen molar-refractivity contribution in [2.75, 3.05) is 0 Å². The second kappa shape index (κ2) is 6.62. The Morgan fingerprint density at radius 3 is 2.67 bits per heavy atom. The van der Waals surface area contributed by atoms with Crippen molar-refractivity contribution in [2.45, 2.75) is 46.3 Å². The third-order valence-corrected chi connectivity index (χ3v) is 3.60. The van der Waals surface area contributed by atoms with Gasteiger partial charge in [0.1, 0.15) is 5.75 Å². The molecule has 1 heterocycles. The van der Waals surface area contributed by atoms with Crippen LogP contribution in [0.25, 0.3) is 0 Å². The number of ether oxygens (including phenoxy) is 1. The lowest BCUT2D eigenvalue weighted by molar-refractivity contribution is 0.424. The first-order valence-corrected chi connectivity index (χ1v) is 7.90. The molecule has 2 aromatic rings. The average Bonchev–Trinajstić information content (AvgIpc) is 2.86. The molecule has 21 heavy (non-hydrogen) atoms. The number of nitrogens with zero attached hydrogens (tertiary/aromatic N) is 2. The summed E-state index contributed by atoms with van der Waals surface area (Å²) in [4.78, 5) is 0. The molecule has 0 bridgehead atoms. The van der Waals surface area contributed by atoms with E-state index in [0.717, 1.165) is 29.1 Å². The summed E-state index contributed by atoms with van der Waals surface area (Å²) >= 11 is 3.57. The highest BCUT2D eigenvalue weighted by molar-refractivity contribution is 9.10. The quantitative estimate of drug-likeness (QED) is 0.870. The maximum Gasteiger partial charge on any atom is 0.165 e. The van der Waals surface area contributed by atoms with Gasteiger partial charge in [0.05, 0.1) is 16.9 Å². The third kappa shape index (κ3) is 4.86.